The van der Waals surface area contributed by atoms with Gasteiger partial charge in [0.05, 0.1) is 91.6 Å². The van der Waals surface area contributed by atoms with Gasteiger partial charge in [0.2, 0.25) is 25.3 Å². The van der Waals surface area contributed by atoms with E-state index in [1.54, 1.807) is 41.0 Å². The summed E-state index contributed by atoms with van der Waals surface area (Å²) in [6, 6.07) is 109. The number of ketones is 1. The zero-order valence-corrected chi connectivity index (χ0v) is 80.7. The smallest absolute Gasteiger partial charge is 0.341 e. The number of fused-ring (bicyclic) bond motifs is 9. The number of aryl methyl sites for hydroxylation is 3. The van der Waals surface area contributed by atoms with Crippen LogP contribution in [0.5, 0.6) is 29.1 Å². The summed E-state index contributed by atoms with van der Waals surface area (Å²) >= 11 is 0. The highest BCUT2D eigenvalue weighted by atomic mass is 16.7. The molecule has 147 heavy (non-hydrogen) atoms. The van der Waals surface area contributed by atoms with Crippen LogP contribution in [0.1, 0.15) is 173 Å². The molecule has 0 saturated heterocycles. The van der Waals surface area contributed by atoms with Crippen LogP contribution in [0, 0.1) is 20.8 Å². The predicted molar refractivity (Wildman–Crippen MR) is 564 cm³/mol. The first-order valence-corrected chi connectivity index (χ1v) is 47.6. The minimum atomic E-state index is -0.574. The van der Waals surface area contributed by atoms with Gasteiger partial charge in [-0.2, -0.15) is 0 Å². The number of hydrogen-bond acceptors (Lipinski definition) is 17. The van der Waals surface area contributed by atoms with Gasteiger partial charge in [0.15, 0.2) is 17.1 Å². The lowest BCUT2D eigenvalue weighted by Gasteiger charge is -2.28. The molecule has 4 aromatic heterocycles. The Hall–Kier alpha value is -19.1. The Labute approximate surface area is 843 Å². The first kappa shape index (κ1) is 96.8. The van der Waals surface area contributed by atoms with Gasteiger partial charge in [-0.15, -0.1) is 0 Å². The number of benzene rings is 14. The minimum Gasteiger partial charge on any atom is -0.494 e. The predicted octanol–water partition coefficient (Wildman–Crippen LogP) is 21.4. The van der Waals surface area contributed by atoms with Gasteiger partial charge in [-0.3, -0.25) is 38.4 Å². The highest BCUT2D eigenvalue weighted by Crippen LogP contribution is 2.47. The van der Waals surface area contributed by atoms with E-state index in [1.807, 2.05) is 310 Å². The normalized spacial score (nSPS) is 13.0. The van der Waals surface area contributed by atoms with Crippen molar-refractivity contribution in [3.8, 4) is 62.9 Å². The molecule has 14 aromatic carbocycles. The molecule has 4 aliphatic heterocycles. The summed E-state index contributed by atoms with van der Waals surface area (Å²) in [5.74, 6) is -1.76. The maximum atomic E-state index is 13.5. The average molecular weight is 1940 g/mol. The van der Waals surface area contributed by atoms with Gasteiger partial charge >= 0.3 is 23.9 Å². The number of aromatic nitrogens is 4. The largest absolute Gasteiger partial charge is 0.494 e. The molecule has 23 rings (SSSR count). The molecular formula is C123H95N7O17. The number of ether oxygens (including phenoxy) is 5. The second kappa shape index (κ2) is 42.0. The SMILES string of the molecule is C=c1ccc2c(c1)Oc1cc(C)ccc1C=2c1ccccc1C(=O)OCOC(C)=O.CC(=O)OCOC(=O)Cc1ccc(C2=NC(=O)c3c(-c4ccccc4)[nH]c(O)c32)cc1.CCn1c(O)c2c(c1-c1ccccc1)C(=O)N=C2c1ccccc1.Cc1ccc(CC2c3ccccc3C(=O)c3cc4[nH]c5ccccc5c(=O)c4cc32)cc1.Cc1ccc(Cn2c(O)c3c(c2-c2ccccc2)C(=O)N=C3c2ccccc2)cc1. The van der Waals surface area contributed by atoms with Crippen molar-refractivity contribution in [1.29, 1.82) is 0 Å². The maximum Gasteiger partial charge on any atom is 0.341 e. The second-order valence-electron chi connectivity index (χ2n) is 35.7. The fourth-order valence-electron chi connectivity index (χ4n) is 19.0. The highest BCUT2D eigenvalue weighted by Gasteiger charge is 2.40. The third kappa shape index (κ3) is 19.8. The quantitative estimate of drug-likeness (QED) is 0.0285. The lowest BCUT2D eigenvalue weighted by atomic mass is 9.74. The second-order valence-corrected chi connectivity index (χ2v) is 35.7. The number of amides is 3. The fraction of sp³-hybridized carbons (Fsp3) is 0.106. The first-order chi connectivity index (χ1) is 71.3. The number of nitrogens with zero attached hydrogens (tertiary/aromatic N) is 5. The van der Waals surface area contributed by atoms with E-state index in [0.29, 0.717) is 131 Å². The van der Waals surface area contributed by atoms with Crippen molar-refractivity contribution in [2.75, 3.05) is 13.6 Å². The minimum absolute atomic E-state index is 0.00227. The van der Waals surface area contributed by atoms with E-state index in [0.717, 1.165) is 94.8 Å². The molecule has 5 N–H and O–H groups in total. The van der Waals surface area contributed by atoms with E-state index in [1.165, 1.54) is 30.5 Å². The van der Waals surface area contributed by atoms with Gasteiger partial charge in [-0.1, -0.05) is 321 Å². The van der Waals surface area contributed by atoms with Crippen LogP contribution >= 0.6 is 0 Å². The molecule has 724 valence electrons. The Morgan fingerprint density at radius 3 is 1.48 bits per heavy atom. The third-order valence-corrected chi connectivity index (χ3v) is 26.0. The van der Waals surface area contributed by atoms with E-state index in [4.69, 9.17) is 18.9 Å². The molecule has 0 fully saturated rings. The molecule has 5 aliphatic rings. The number of pyridine rings is 1. The van der Waals surface area contributed by atoms with E-state index in [9.17, 15) is 58.5 Å². The summed E-state index contributed by atoms with van der Waals surface area (Å²) in [5.41, 5.74) is 24.9. The van der Waals surface area contributed by atoms with Crippen LogP contribution in [0.25, 0.3) is 67.7 Å². The van der Waals surface area contributed by atoms with E-state index in [-0.39, 0.29) is 53.0 Å². The Morgan fingerprint density at radius 2 is 0.891 bits per heavy atom. The molecular weight excluding hydrogens is 1850 g/mol. The molecule has 1 aliphatic carbocycles. The van der Waals surface area contributed by atoms with Crippen molar-refractivity contribution in [2.45, 2.75) is 73.4 Å². The Morgan fingerprint density at radius 1 is 0.401 bits per heavy atom. The summed E-state index contributed by atoms with van der Waals surface area (Å²) in [7, 11) is 0. The molecule has 18 aromatic rings. The molecule has 1 atom stereocenters. The number of para-hydroxylation sites is 1. The number of aliphatic imine (C=N–C) groups is 3. The Kier molecular flexibility index (Phi) is 27.6. The topological polar surface area (TPSA) is 339 Å². The fourth-order valence-corrected chi connectivity index (χ4v) is 19.0. The van der Waals surface area contributed by atoms with Crippen LogP contribution in [0.2, 0.25) is 0 Å². The summed E-state index contributed by atoms with van der Waals surface area (Å²) in [6.45, 7) is 14.7. The van der Waals surface area contributed by atoms with Gasteiger partial charge < -0.3 is 58.1 Å². The van der Waals surface area contributed by atoms with Crippen LogP contribution in [-0.2, 0) is 59.3 Å². The van der Waals surface area contributed by atoms with E-state index in [2.05, 4.69) is 67.5 Å². The number of nitrogens with one attached hydrogen (secondary N) is 2. The van der Waals surface area contributed by atoms with Crippen molar-refractivity contribution < 1.29 is 77.4 Å². The number of esters is 4. The van der Waals surface area contributed by atoms with Crippen LogP contribution < -0.4 is 20.6 Å². The number of hydrogen-bond donors (Lipinski definition) is 5. The summed E-state index contributed by atoms with van der Waals surface area (Å²) in [6.07, 6.45) is 0.764. The Bertz CT molecular complexity index is 8600. The standard InChI is InChI=1S/C29H21NO2.C26H20N2O2.C25H20O5.C23H18N2O6.C20H16N2O2/c1-17-10-12-18(13-11-17)14-22-19-6-2-3-7-20(19)28(31)24-16-27-25(15-23(22)24)29(32)21-8-4-5-9-26(21)30-27;1-17-12-14-18(15-13-17)16-28-24(20-10-6-3-7-11-20)22-21(26(28)30)23(27-25(22)29)19-8-4-2-5-9-19;1-15-8-10-20-22(12-15)30-23-13-16(2)9-11-21(23)24(20)18-6-4-5-7-19(18)25(27)29-14-28-17(3)26;1-13(26)30-12-31-17(27)11-14-7-9-16(10-8-14)21-19-18(22(28)25-21)20(24-23(19)29)15-5-3-2-4-6-15;1-2-22-18(14-11-7-4-8-12-14)16-15(20(22)24)17(21-19(16)23)13-9-5-3-6-10-13/h2-13,15-16,22H,14H2,1H3,(H,30,32);2-15,30H,16H2,1H3;4-13H,1,14H2,2-3H3;2-10,24,29H,11-12H2,1H3;3-12,24H,2H2,1H3. The number of aromatic hydroxyl groups is 3. The Balaban J connectivity index is 0.000000116. The first-order valence-electron chi connectivity index (χ1n) is 47.6. The van der Waals surface area contributed by atoms with Crippen molar-refractivity contribution in [3.05, 3.63) is 489 Å². The zero-order chi connectivity index (χ0) is 102. The molecule has 24 heteroatoms. The van der Waals surface area contributed by atoms with Gasteiger partial charge in [-0.25, -0.2) is 19.8 Å². The van der Waals surface area contributed by atoms with Crippen LogP contribution in [-0.4, -0.2) is 113 Å². The van der Waals surface area contributed by atoms with E-state index < -0.39 is 43.4 Å². The molecule has 8 heterocycles. The van der Waals surface area contributed by atoms with Crippen LogP contribution in [0.4, 0.5) is 0 Å². The number of aromatic amines is 2. The highest BCUT2D eigenvalue weighted by molar-refractivity contribution is 6.33. The number of carbonyl (C=O) groups is 8. The lowest BCUT2D eigenvalue weighted by molar-refractivity contribution is -0.165. The number of carbonyl (C=O) groups excluding carboxylic acids is 8. The monoisotopic (exact) mass is 1940 g/mol. The zero-order valence-electron chi connectivity index (χ0n) is 80.7. The van der Waals surface area contributed by atoms with Gasteiger partial charge in [0.25, 0.3) is 17.7 Å². The number of rotatable bonds is 19. The molecule has 0 saturated carbocycles. The van der Waals surface area contributed by atoms with Crippen molar-refractivity contribution in [1.82, 2.24) is 19.1 Å². The van der Waals surface area contributed by atoms with Crippen molar-refractivity contribution in [2.24, 2.45) is 15.0 Å². The number of H-pyrrole nitrogens is 2. The summed E-state index contributed by atoms with van der Waals surface area (Å²) < 4.78 is 29.0. The molecule has 24 nitrogen and oxygen atoms in total. The molecule has 0 spiro atoms. The molecule has 1 unspecified atom stereocenters. The summed E-state index contributed by atoms with van der Waals surface area (Å²) in [5, 5.41) is 35.5. The van der Waals surface area contributed by atoms with E-state index >= 15 is 0 Å². The molecule has 0 bridgehead atoms. The van der Waals surface area contributed by atoms with Crippen LogP contribution in [0.15, 0.2) is 366 Å². The lowest BCUT2D eigenvalue weighted by Crippen LogP contribution is -2.22. The van der Waals surface area contributed by atoms with Gasteiger partial charge in [-0.05, 0) is 137 Å². The van der Waals surface area contributed by atoms with Gasteiger partial charge in [0, 0.05) is 86.8 Å². The summed E-state index contributed by atoms with van der Waals surface area (Å²) in [4.78, 5) is 130. The maximum absolute atomic E-state index is 13.5. The van der Waals surface area contributed by atoms with Crippen LogP contribution in [0.3, 0.4) is 0 Å². The van der Waals surface area contributed by atoms with Crippen molar-refractivity contribution in [3.63, 3.8) is 0 Å². The molecule has 0 radical (unpaired) electrons. The van der Waals surface area contributed by atoms with Gasteiger partial charge in [0.1, 0.15) is 11.5 Å². The van der Waals surface area contributed by atoms with Crippen molar-refractivity contribution >= 4 is 98.5 Å². The average Bonchev–Trinajstić information content (AvgIpc) is 1.61. The third-order valence-electron chi connectivity index (χ3n) is 26.0. The molecule has 3 amide bonds.